The number of anilines is 1. The van der Waals surface area contributed by atoms with Crippen molar-refractivity contribution in [2.75, 3.05) is 12.4 Å². The molecule has 0 atom stereocenters. The highest BCUT2D eigenvalue weighted by molar-refractivity contribution is 6.03. The van der Waals surface area contributed by atoms with Crippen LogP contribution in [-0.4, -0.2) is 25.0 Å². The third-order valence-corrected chi connectivity index (χ3v) is 3.37. The number of hydrogen-bond acceptors (Lipinski definition) is 3. The molecule has 0 saturated carbocycles. The van der Waals surface area contributed by atoms with Crippen molar-refractivity contribution in [2.45, 2.75) is 19.9 Å². The van der Waals surface area contributed by atoms with E-state index in [9.17, 15) is 9.59 Å². The number of nitrogens with one attached hydrogen (secondary N) is 2. The largest absolute Gasteiger partial charge is 0.496 e. The van der Waals surface area contributed by atoms with E-state index in [1.165, 1.54) is 6.08 Å². The normalized spacial score (nSPS) is 10.7. The predicted octanol–water partition coefficient (Wildman–Crippen LogP) is 3.49. The molecule has 0 fully saturated rings. The molecule has 0 spiro atoms. The lowest BCUT2D eigenvalue weighted by molar-refractivity contribution is -0.111. The first-order valence-electron chi connectivity index (χ1n) is 8.02. The highest BCUT2D eigenvalue weighted by atomic mass is 16.5. The zero-order chi connectivity index (χ0) is 18.2. The van der Waals surface area contributed by atoms with Gasteiger partial charge in [0.05, 0.1) is 7.11 Å². The number of carbonyl (C=O) groups is 2. The lowest BCUT2D eigenvalue weighted by Gasteiger charge is -2.09. The van der Waals surface area contributed by atoms with Gasteiger partial charge in [-0.25, -0.2) is 0 Å². The number of carbonyl (C=O) groups excluding carboxylic acids is 2. The topological polar surface area (TPSA) is 67.4 Å². The van der Waals surface area contributed by atoms with Crippen LogP contribution in [0.2, 0.25) is 0 Å². The van der Waals surface area contributed by atoms with Crippen molar-refractivity contribution in [2.24, 2.45) is 0 Å². The first kappa shape index (κ1) is 18.3. The molecule has 2 amide bonds. The molecule has 2 aromatic carbocycles. The van der Waals surface area contributed by atoms with Gasteiger partial charge in [-0.3, -0.25) is 9.59 Å². The van der Waals surface area contributed by atoms with Crippen LogP contribution < -0.4 is 15.4 Å². The lowest BCUT2D eigenvalue weighted by atomic mass is 10.1. The number of amides is 2. The Labute approximate surface area is 147 Å². The molecule has 0 bridgehead atoms. The summed E-state index contributed by atoms with van der Waals surface area (Å²) >= 11 is 0. The standard InChI is InChI=1S/C20H22N2O3/c1-14(2)21-20(24)16-8-6-9-17(13-16)22-19(23)12-11-15-7-4-5-10-18(15)25-3/h4-14H,1-3H3,(H,21,24)(H,22,23)/b12-11+. The molecule has 130 valence electrons. The van der Waals surface area contributed by atoms with Crippen LogP contribution in [0.3, 0.4) is 0 Å². The van der Waals surface area contributed by atoms with Gasteiger partial charge in [0, 0.05) is 28.9 Å². The average molecular weight is 338 g/mol. The van der Waals surface area contributed by atoms with Crippen LogP contribution in [0.4, 0.5) is 5.69 Å². The van der Waals surface area contributed by atoms with E-state index in [4.69, 9.17) is 4.74 Å². The van der Waals surface area contributed by atoms with E-state index in [1.807, 2.05) is 38.1 Å². The van der Waals surface area contributed by atoms with E-state index < -0.39 is 0 Å². The van der Waals surface area contributed by atoms with Gasteiger partial charge in [0.25, 0.3) is 5.91 Å². The lowest BCUT2D eigenvalue weighted by Crippen LogP contribution is -2.30. The van der Waals surface area contributed by atoms with Crippen molar-refractivity contribution < 1.29 is 14.3 Å². The zero-order valence-corrected chi connectivity index (χ0v) is 14.6. The van der Waals surface area contributed by atoms with Crippen molar-refractivity contribution in [1.82, 2.24) is 5.32 Å². The van der Waals surface area contributed by atoms with Crippen molar-refractivity contribution in [3.05, 3.63) is 65.7 Å². The van der Waals surface area contributed by atoms with Gasteiger partial charge in [0.1, 0.15) is 5.75 Å². The average Bonchev–Trinajstić information content (AvgIpc) is 2.60. The molecule has 0 aliphatic carbocycles. The van der Waals surface area contributed by atoms with Gasteiger partial charge >= 0.3 is 0 Å². The van der Waals surface area contributed by atoms with Crippen molar-refractivity contribution in [1.29, 1.82) is 0 Å². The fourth-order valence-corrected chi connectivity index (χ4v) is 2.24. The van der Waals surface area contributed by atoms with Crippen molar-refractivity contribution in [3.63, 3.8) is 0 Å². The second kappa shape index (κ2) is 8.68. The van der Waals surface area contributed by atoms with Crippen LogP contribution >= 0.6 is 0 Å². The first-order chi connectivity index (χ1) is 12.0. The van der Waals surface area contributed by atoms with Crippen LogP contribution in [0.1, 0.15) is 29.8 Å². The van der Waals surface area contributed by atoms with Gasteiger partial charge in [-0.05, 0) is 44.2 Å². The fourth-order valence-electron chi connectivity index (χ4n) is 2.24. The minimum atomic E-state index is -0.285. The Bertz CT molecular complexity index is 782. The molecule has 0 radical (unpaired) electrons. The van der Waals surface area contributed by atoms with Crippen molar-refractivity contribution >= 4 is 23.6 Å². The summed E-state index contributed by atoms with van der Waals surface area (Å²) in [5.41, 5.74) is 1.87. The summed E-state index contributed by atoms with van der Waals surface area (Å²) in [6.07, 6.45) is 3.11. The van der Waals surface area contributed by atoms with Gasteiger partial charge < -0.3 is 15.4 Å². The summed E-state index contributed by atoms with van der Waals surface area (Å²) in [6, 6.07) is 14.3. The number of benzene rings is 2. The number of ether oxygens (including phenoxy) is 1. The summed E-state index contributed by atoms with van der Waals surface area (Å²) in [4.78, 5) is 24.1. The van der Waals surface area contributed by atoms with Gasteiger partial charge in [-0.2, -0.15) is 0 Å². The zero-order valence-electron chi connectivity index (χ0n) is 14.6. The third-order valence-electron chi connectivity index (χ3n) is 3.37. The molecule has 0 saturated heterocycles. The van der Waals surface area contributed by atoms with E-state index in [-0.39, 0.29) is 17.9 Å². The summed E-state index contributed by atoms with van der Waals surface area (Å²) in [6.45, 7) is 3.79. The van der Waals surface area contributed by atoms with Crippen LogP contribution in [-0.2, 0) is 4.79 Å². The predicted molar refractivity (Wildman–Crippen MR) is 99.7 cm³/mol. The molecule has 2 N–H and O–H groups in total. The van der Waals surface area contributed by atoms with Gasteiger partial charge in [-0.15, -0.1) is 0 Å². The molecule has 25 heavy (non-hydrogen) atoms. The maximum absolute atomic E-state index is 12.1. The van der Waals surface area contributed by atoms with E-state index in [0.29, 0.717) is 17.0 Å². The summed E-state index contributed by atoms with van der Waals surface area (Å²) in [5.74, 6) is 0.238. The highest BCUT2D eigenvalue weighted by Crippen LogP contribution is 2.18. The molecule has 2 aromatic rings. The maximum Gasteiger partial charge on any atom is 0.251 e. The van der Waals surface area contributed by atoms with Gasteiger partial charge in [0.2, 0.25) is 5.91 Å². The quantitative estimate of drug-likeness (QED) is 0.792. The molecule has 0 aliphatic heterocycles. The molecule has 5 nitrogen and oxygen atoms in total. The number of hydrogen-bond donors (Lipinski definition) is 2. The highest BCUT2D eigenvalue weighted by Gasteiger charge is 2.08. The van der Waals surface area contributed by atoms with Crippen LogP contribution in [0.25, 0.3) is 6.08 Å². The van der Waals surface area contributed by atoms with E-state index in [1.54, 1.807) is 37.5 Å². The molecule has 0 aromatic heterocycles. The fraction of sp³-hybridized carbons (Fsp3) is 0.200. The molecule has 0 unspecified atom stereocenters. The summed E-state index contributed by atoms with van der Waals surface area (Å²) in [5, 5.41) is 5.57. The van der Waals surface area contributed by atoms with E-state index in [2.05, 4.69) is 10.6 Å². The summed E-state index contributed by atoms with van der Waals surface area (Å²) in [7, 11) is 1.58. The van der Waals surface area contributed by atoms with E-state index >= 15 is 0 Å². The van der Waals surface area contributed by atoms with Crippen LogP contribution in [0.5, 0.6) is 5.75 Å². The summed E-state index contributed by atoms with van der Waals surface area (Å²) < 4.78 is 5.24. The minimum absolute atomic E-state index is 0.0505. The molecule has 0 heterocycles. The Hall–Kier alpha value is -3.08. The minimum Gasteiger partial charge on any atom is -0.496 e. The van der Waals surface area contributed by atoms with Gasteiger partial charge in [0.15, 0.2) is 0 Å². The number of methoxy groups -OCH3 is 1. The Kier molecular flexibility index (Phi) is 6.34. The SMILES string of the molecule is COc1ccccc1/C=C/C(=O)Nc1cccc(C(=O)NC(C)C)c1. The Morgan fingerprint density at radius 2 is 1.84 bits per heavy atom. The Morgan fingerprint density at radius 1 is 1.08 bits per heavy atom. The van der Waals surface area contributed by atoms with Crippen molar-refractivity contribution in [3.8, 4) is 5.75 Å². The monoisotopic (exact) mass is 338 g/mol. The maximum atomic E-state index is 12.1. The number of rotatable bonds is 6. The number of para-hydroxylation sites is 1. The molecule has 5 heteroatoms. The van der Waals surface area contributed by atoms with Crippen LogP contribution in [0.15, 0.2) is 54.6 Å². The molecular formula is C20H22N2O3. The smallest absolute Gasteiger partial charge is 0.251 e. The third kappa shape index (κ3) is 5.49. The Balaban J connectivity index is 2.05. The molecular weight excluding hydrogens is 316 g/mol. The first-order valence-corrected chi connectivity index (χ1v) is 8.02. The van der Waals surface area contributed by atoms with Gasteiger partial charge in [-0.1, -0.05) is 24.3 Å². The Morgan fingerprint density at radius 3 is 2.56 bits per heavy atom. The second-order valence-electron chi connectivity index (χ2n) is 5.77. The van der Waals surface area contributed by atoms with E-state index in [0.717, 1.165) is 5.56 Å². The van der Waals surface area contributed by atoms with Crippen LogP contribution in [0, 0.1) is 0 Å². The molecule has 0 aliphatic rings. The second-order valence-corrected chi connectivity index (χ2v) is 5.77. The molecule has 2 rings (SSSR count).